The number of rotatable bonds is 5. The highest BCUT2D eigenvalue weighted by atomic mass is 16.5. The predicted octanol–water partition coefficient (Wildman–Crippen LogP) is 1.03. The van der Waals surface area contributed by atoms with E-state index in [-0.39, 0.29) is 5.91 Å². The smallest absolute Gasteiger partial charge is 0.251 e. The molecule has 4 heteroatoms. The Hall–Kier alpha value is -1.55. The fourth-order valence-electron chi connectivity index (χ4n) is 1.81. The highest BCUT2D eigenvalue weighted by Gasteiger charge is 2.16. The Morgan fingerprint density at radius 1 is 1.53 bits per heavy atom. The molecule has 1 aromatic carbocycles. The molecule has 0 bridgehead atoms. The summed E-state index contributed by atoms with van der Waals surface area (Å²) in [6.07, 6.45) is 1.04. The summed E-state index contributed by atoms with van der Waals surface area (Å²) < 4.78 is 5.09. The molecule has 1 amide bonds. The normalized spacial score (nSPS) is 15.1. The third kappa shape index (κ3) is 3.20. The molecule has 1 aliphatic rings. The minimum atomic E-state index is -0.0313. The van der Waals surface area contributed by atoms with Crippen LogP contribution in [0.2, 0.25) is 0 Å². The van der Waals surface area contributed by atoms with Gasteiger partial charge in [-0.2, -0.15) is 0 Å². The first-order valence-electron chi connectivity index (χ1n) is 5.92. The van der Waals surface area contributed by atoms with E-state index >= 15 is 0 Å². The third-order valence-corrected chi connectivity index (χ3v) is 3.04. The number of hydrogen-bond donors (Lipinski definition) is 2. The van der Waals surface area contributed by atoms with E-state index in [0.29, 0.717) is 11.3 Å². The Morgan fingerprint density at radius 3 is 3.00 bits per heavy atom. The lowest BCUT2D eigenvalue weighted by atomic mass is 9.99. The fourth-order valence-corrected chi connectivity index (χ4v) is 1.81. The molecular formula is C13H18N2O2. The first-order valence-corrected chi connectivity index (χ1v) is 5.92. The molecule has 0 aromatic heterocycles. The van der Waals surface area contributed by atoms with Gasteiger partial charge >= 0.3 is 0 Å². The molecule has 1 heterocycles. The lowest BCUT2D eigenvalue weighted by Gasteiger charge is -2.26. The molecule has 0 saturated carbocycles. The summed E-state index contributed by atoms with van der Waals surface area (Å²) in [7, 11) is 1.60. The summed E-state index contributed by atoms with van der Waals surface area (Å²) >= 11 is 0. The van der Waals surface area contributed by atoms with E-state index < -0.39 is 0 Å². The minimum absolute atomic E-state index is 0.0313. The van der Waals surface area contributed by atoms with E-state index in [9.17, 15) is 4.79 Å². The Kier molecular flexibility index (Phi) is 3.98. The van der Waals surface area contributed by atoms with E-state index in [1.54, 1.807) is 19.2 Å². The van der Waals surface area contributed by atoms with Crippen molar-refractivity contribution < 1.29 is 9.53 Å². The summed E-state index contributed by atoms with van der Waals surface area (Å²) in [5, 5.41) is 6.14. The maximum Gasteiger partial charge on any atom is 0.251 e. The number of benzene rings is 1. The molecule has 1 saturated heterocycles. The molecule has 2 rings (SSSR count). The van der Waals surface area contributed by atoms with Crippen molar-refractivity contribution in [3.8, 4) is 5.75 Å². The van der Waals surface area contributed by atoms with Crippen molar-refractivity contribution in [1.29, 1.82) is 0 Å². The predicted molar refractivity (Wildman–Crippen MR) is 66.3 cm³/mol. The fraction of sp³-hybridized carbons (Fsp3) is 0.462. The van der Waals surface area contributed by atoms with Crippen molar-refractivity contribution >= 4 is 5.91 Å². The van der Waals surface area contributed by atoms with Gasteiger partial charge in [-0.15, -0.1) is 0 Å². The van der Waals surface area contributed by atoms with Crippen LogP contribution in [0.25, 0.3) is 0 Å². The van der Waals surface area contributed by atoms with Crippen LogP contribution in [0.3, 0.4) is 0 Å². The van der Waals surface area contributed by atoms with Crippen LogP contribution in [0, 0.1) is 5.92 Å². The monoisotopic (exact) mass is 234 g/mol. The van der Waals surface area contributed by atoms with Crippen LogP contribution in [0.5, 0.6) is 5.75 Å². The van der Waals surface area contributed by atoms with Crippen molar-refractivity contribution in [3.05, 3.63) is 29.8 Å². The second-order valence-electron chi connectivity index (χ2n) is 4.30. The van der Waals surface area contributed by atoms with E-state index in [0.717, 1.165) is 32.0 Å². The van der Waals surface area contributed by atoms with Crippen LogP contribution in [-0.4, -0.2) is 32.7 Å². The van der Waals surface area contributed by atoms with Crippen LogP contribution in [-0.2, 0) is 0 Å². The van der Waals surface area contributed by atoms with Gasteiger partial charge in [0, 0.05) is 12.1 Å². The van der Waals surface area contributed by atoms with E-state index in [4.69, 9.17) is 4.74 Å². The number of hydrogen-bond acceptors (Lipinski definition) is 3. The zero-order valence-corrected chi connectivity index (χ0v) is 10.0. The van der Waals surface area contributed by atoms with Crippen molar-refractivity contribution in [2.45, 2.75) is 6.42 Å². The van der Waals surface area contributed by atoms with Gasteiger partial charge in [-0.1, -0.05) is 6.07 Å². The van der Waals surface area contributed by atoms with Crippen LogP contribution < -0.4 is 15.4 Å². The summed E-state index contributed by atoms with van der Waals surface area (Å²) in [5.74, 6) is 1.40. The molecule has 0 spiro atoms. The number of methoxy groups -OCH3 is 1. The largest absolute Gasteiger partial charge is 0.497 e. The van der Waals surface area contributed by atoms with Gasteiger partial charge in [-0.3, -0.25) is 4.79 Å². The highest BCUT2D eigenvalue weighted by molar-refractivity contribution is 5.94. The maximum atomic E-state index is 11.8. The highest BCUT2D eigenvalue weighted by Crippen LogP contribution is 2.12. The summed E-state index contributed by atoms with van der Waals surface area (Å²) in [6.45, 7) is 2.90. The molecule has 1 fully saturated rings. The van der Waals surface area contributed by atoms with Gasteiger partial charge in [0.1, 0.15) is 5.75 Å². The molecule has 1 aromatic rings. The van der Waals surface area contributed by atoms with Gasteiger partial charge < -0.3 is 15.4 Å². The first-order chi connectivity index (χ1) is 8.29. The second kappa shape index (κ2) is 5.68. The molecule has 0 unspecified atom stereocenters. The van der Waals surface area contributed by atoms with Gasteiger partial charge in [0.05, 0.1) is 7.11 Å². The van der Waals surface area contributed by atoms with Gasteiger partial charge in [-0.05, 0) is 43.6 Å². The Labute approximate surface area is 101 Å². The Morgan fingerprint density at radius 2 is 2.35 bits per heavy atom. The SMILES string of the molecule is COc1cccc(C(=O)NCCC2CNC2)c1. The van der Waals surface area contributed by atoms with Crippen molar-refractivity contribution in [1.82, 2.24) is 10.6 Å². The van der Waals surface area contributed by atoms with Gasteiger partial charge in [0.2, 0.25) is 0 Å². The van der Waals surface area contributed by atoms with E-state index in [1.807, 2.05) is 12.1 Å². The molecule has 2 N–H and O–H groups in total. The lowest BCUT2D eigenvalue weighted by molar-refractivity contribution is 0.0949. The van der Waals surface area contributed by atoms with Crippen molar-refractivity contribution in [2.75, 3.05) is 26.7 Å². The summed E-state index contributed by atoms with van der Waals surface area (Å²) in [6, 6.07) is 7.20. The zero-order valence-electron chi connectivity index (χ0n) is 10.0. The summed E-state index contributed by atoms with van der Waals surface area (Å²) in [4.78, 5) is 11.8. The lowest BCUT2D eigenvalue weighted by Crippen LogP contribution is -2.43. The average molecular weight is 234 g/mol. The van der Waals surface area contributed by atoms with Crippen LogP contribution >= 0.6 is 0 Å². The van der Waals surface area contributed by atoms with Crippen LogP contribution in [0.4, 0.5) is 0 Å². The Balaban J connectivity index is 1.81. The maximum absolute atomic E-state index is 11.8. The minimum Gasteiger partial charge on any atom is -0.497 e. The molecule has 17 heavy (non-hydrogen) atoms. The van der Waals surface area contributed by atoms with Gasteiger partial charge in [0.25, 0.3) is 5.91 Å². The van der Waals surface area contributed by atoms with E-state index in [1.165, 1.54) is 0 Å². The van der Waals surface area contributed by atoms with Crippen LogP contribution in [0.1, 0.15) is 16.8 Å². The zero-order chi connectivity index (χ0) is 12.1. The second-order valence-corrected chi connectivity index (χ2v) is 4.30. The van der Waals surface area contributed by atoms with Crippen molar-refractivity contribution in [2.24, 2.45) is 5.92 Å². The molecule has 4 nitrogen and oxygen atoms in total. The van der Waals surface area contributed by atoms with Gasteiger partial charge in [0.15, 0.2) is 0 Å². The first kappa shape index (κ1) is 11.9. The molecule has 0 aliphatic carbocycles. The molecule has 1 aliphatic heterocycles. The standard InChI is InChI=1S/C13H18N2O2/c1-17-12-4-2-3-11(7-12)13(16)15-6-5-10-8-14-9-10/h2-4,7,10,14H,5-6,8-9H2,1H3,(H,15,16). The molecular weight excluding hydrogens is 216 g/mol. The Bertz CT molecular complexity index is 389. The average Bonchev–Trinajstić information content (AvgIpc) is 2.32. The van der Waals surface area contributed by atoms with E-state index in [2.05, 4.69) is 10.6 Å². The molecule has 0 atom stereocenters. The topological polar surface area (TPSA) is 50.4 Å². The van der Waals surface area contributed by atoms with Gasteiger partial charge in [-0.25, -0.2) is 0 Å². The summed E-state index contributed by atoms with van der Waals surface area (Å²) in [5.41, 5.74) is 0.649. The number of carbonyl (C=O) groups is 1. The third-order valence-electron chi connectivity index (χ3n) is 3.04. The molecule has 92 valence electrons. The number of carbonyl (C=O) groups excluding carboxylic acids is 1. The number of ether oxygens (including phenoxy) is 1. The molecule has 0 radical (unpaired) electrons. The number of amides is 1. The van der Waals surface area contributed by atoms with Crippen molar-refractivity contribution in [3.63, 3.8) is 0 Å². The number of nitrogens with one attached hydrogen (secondary N) is 2. The van der Waals surface area contributed by atoms with Crippen LogP contribution in [0.15, 0.2) is 24.3 Å². The quantitative estimate of drug-likeness (QED) is 0.800.